The molecule has 1 heterocycles. The van der Waals surface area contributed by atoms with Gasteiger partial charge in [-0.05, 0) is 12.8 Å². The largest absolute Gasteiger partial charge is 0.349 e. The quantitative estimate of drug-likeness (QED) is 0.542. The standard InChI is InChI=1S/C19H36N2O2/c1-4-5-6-7-8-9-10-11-12-13-18(22)21-15-14-17(16-21)19(23)20(2)3/h17H,4-16H2,1-3H3. The lowest BCUT2D eigenvalue weighted by Crippen LogP contribution is -2.33. The van der Waals surface area contributed by atoms with Crippen LogP contribution in [0, 0.1) is 5.92 Å². The van der Waals surface area contributed by atoms with Crippen LogP contribution in [-0.4, -0.2) is 48.8 Å². The minimum atomic E-state index is 0.0112. The summed E-state index contributed by atoms with van der Waals surface area (Å²) in [6, 6.07) is 0. The normalized spacial score (nSPS) is 17.5. The number of amides is 2. The van der Waals surface area contributed by atoms with Crippen LogP contribution in [0.15, 0.2) is 0 Å². The minimum absolute atomic E-state index is 0.0112. The van der Waals surface area contributed by atoms with Gasteiger partial charge in [0.25, 0.3) is 0 Å². The second-order valence-corrected chi connectivity index (χ2v) is 7.14. The van der Waals surface area contributed by atoms with E-state index in [1.807, 2.05) is 4.90 Å². The van der Waals surface area contributed by atoms with Gasteiger partial charge in [-0.2, -0.15) is 0 Å². The molecule has 1 saturated heterocycles. The maximum absolute atomic E-state index is 12.2. The summed E-state index contributed by atoms with van der Waals surface area (Å²) < 4.78 is 0. The molecule has 4 heteroatoms. The fourth-order valence-corrected chi connectivity index (χ4v) is 3.30. The molecule has 134 valence electrons. The van der Waals surface area contributed by atoms with E-state index in [0.717, 1.165) is 25.8 Å². The van der Waals surface area contributed by atoms with E-state index in [1.165, 1.54) is 44.9 Å². The Hall–Kier alpha value is -1.06. The summed E-state index contributed by atoms with van der Waals surface area (Å²) in [5.74, 6) is 0.405. The zero-order valence-electron chi connectivity index (χ0n) is 15.5. The first-order valence-electron chi connectivity index (χ1n) is 9.55. The first-order chi connectivity index (χ1) is 11.1. The topological polar surface area (TPSA) is 40.6 Å². The number of hydrogen-bond donors (Lipinski definition) is 0. The number of rotatable bonds is 11. The summed E-state index contributed by atoms with van der Waals surface area (Å²) in [5.41, 5.74) is 0. The van der Waals surface area contributed by atoms with Gasteiger partial charge in [0.2, 0.25) is 11.8 Å². The van der Waals surface area contributed by atoms with Gasteiger partial charge in [0.1, 0.15) is 0 Å². The molecule has 0 N–H and O–H groups in total. The van der Waals surface area contributed by atoms with Gasteiger partial charge in [-0.1, -0.05) is 58.3 Å². The highest BCUT2D eigenvalue weighted by atomic mass is 16.2. The van der Waals surface area contributed by atoms with E-state index >= 15 is 0 Å². The Labute approximate surface area is 142 Å². The van der Waals surface area contributed by atoms with Crippen molar-refractivity contribution in [2.45, 2.75) is 77.6 Å². The summed E-state index contributed by atoms with van der Waals surface area (Å²) in [7, 11) is 3.57. The third-order valence-electron chi connectivity index (χ3n) is 4.83. The lowest BCUT2D eigenvalue weighted by atomic mass is 10.1. The van der Waals surface area contributed by atoms with Crippen molar-refractivity contribution in [2.24, 2.45) is 5.92 Å². The third-order valence-corrected chi connectivity index (χ3v) is 4.83. The molecule has 1 rings (SSSR count). The second kappa shape index (κ2) is 11.5. The number of likely N-dealkylation sites (tertiary alicyclic amines) is 1. The van der Waals surface area contributed by atoms with Crippen LogP contribution in [0.2, 0.25) is 0 Å². The lowest BCUT2D eigenvalue weighted by Gasteiger charge is -2.18. The molecule has 0 saturated carbocycles. The highest BCUT2D eigenvalue weighted by Gasteiger charge is 2.31. The van der Waals surface area contributed by atoms with Crippen LogP contribution >= 0.6 is 0 Å². The van der Waals surface area contributed by atoms with E-state index < -0.39 is 0 Å². The van der Waals surface area contributed by atoms with E-state index in [-0.39, 0.29) is 17.7 Å². The smallest absolute Gasteiger partial charge is 0.227 e. The Kier molecular flexibility index (Phi) is 9.97. The molecule has 1 aliphatic heterocycles. The molecule has 0 bridgehead atoms. The van der Waals surface area contributed by atoms with Gasteiger partial charge in [0.05, 0.1) is 5.92 Å². The van der Waals surface area contributed by atoms with E-state index in [1.54, 1.807) is 19.0 Å². The van der Waals surface area contributed by atoms with Crippen LogP contribution in [-0.2, 0) is 9.59 Å². The molecule has 0 aromatic carbocycles. The first-order valence-corrected chi connectivity index (χ1v) is 9.55. The van der Waals surface area contributed by atoms with Crippen LogP contribution in [0.1, 0.15) is 77.6 Å². The van der Waals surface area contributed by atoms with Gasteiger partial charge >= 0.3 is 0 Å². The van der Waals surface area contributed by atoms with E-state index in [9.17, 15) is 9.59 Å². The Morgan fingerprint density at radius 1 is 0.957 bits per heavy atom. The molecule has 0 aromatic heterocycles. The maximum Gasteiger partial charge on any atom is 0.227 e. The zero-order valence-corrected chi connectivity index (χ0v) is 15.5. The molecule has 0 radical (unpaired) electrons. The SMILES string of the molecule is CCCCCCCCCCCC(=O)N1CCC(C(=O)N(C)C)C1. The van der Waals surface area contributed by atoms with Crippen molar-refractivity contribution in [3.63, 3.8) is 0 Å². The predicted molar refractivity (Wildman–Crippen MR) is 95.2 cm³/mol. The number of carbonyl (C=O) groups is 2. The third kappa shape index (κ3) is 7.85. The summed E-state index contributed by atoms with van der Waals surface area (Å²) in [4.78, 5) is 27.6. The number of unbranched alkanes of at least 4 members (excludes halogenated alkanes) is 8. The number of carbonyl (C=O) groups excluding carboxylic acids is 2. The number of hydrogen-bond acceptors (Lipinski definition) is 2. The minimum Gasteiger partial charge on any atom is -0.349 e. The average Bonchev–Trinajstić information content (AvgIpc) is 3.02. The molecule has 0 spiro atoms. The molecule has 1 atom stereocenters. The molecule has 23 heavy (non-hydrogen) atoms. The van der Waals surface area contributed by atoms with Gasteiger partial charge < -0.3 is 9.80 Å². The summed E-state index contributed by atoms with van der Waals surface area (Å²) in [6.45, 7) is 3.61. The monoisotopic (exact) mass is 324 g/mol. The van der Waals surface area contributed by atoms with Crippen LogP contribution in [0.5, 0.6) is 0 Å². The van der Waals surface area contributed by atoms with Crippen molar-refractivity contribution in [2.75, 3.05) is 27.2 Å². The van der Waals surface area contributed by atoms with Gasteiger partial charge in [0.15, 0.2) is 0 Å². The Morgan fingerprint density at radius 2 is 1.52 bits per heavy atom. The van der Waals surface area contributed by atoms with Crippen LogP contribution in [0.4, 0.5) is 0 Å². The lowest BCUT2D eigenvalue weighted by molar-refractivity contribution is -0.133. The van der Waals surface area contributed by atoms with Crippen molar-refractivity contribution < 1.29 is 9.59 Å². The highest BCUT2D eigenvalue weighted by Crippen LogP contribution is 2.19. The molecule has 0 aliphatic carbocycles. The fourth-order valence-electron chi connectivity index (χ4n) is 3.30. The maximum atomic E-state index is 12.2. The van der Waals surface area contributed by atoms with Crippen LogP contribution in [0.3, 0.4) is 0 Å². The Morgan fingerprint density at radius 3 is 2.09 bits per heavy atom. The fraction of sp³-hybridized carbons (Fsp3) is 0.895. The van der Waals surface area contributed by atoms with Gasteiger partial charge in [0, 0.05) is 33.6 Å². The van der Waals surface area contributed by atoms with E-state index in [2.05, 4.69) is 6.92 Å². The van der Waals surface area contributed by atoms with Crippen LogP contribution < -0.4 is 0 Å². The summed E-state index contributed by atoms with van der Waals surface area (Å²) >= 11 is 0. The molecular formula is C19H36N2O2. The molecule has 1 unspecified atom stereocenters. The molecule has 2 amide bonds. The Bertz CT molecular complexity index is 355. The molecule has 1 fully saturated rings. The molecule has 1 aliphatic rings. The average molecular weight is 325 g/mol. The number of nitrogens with zero attached hydrogens (tertiary/aromatic N) is 2. The van der Waals surface area contributed by atoms with Gasteiger partial charge in [-0.25, -0.2) is 0 Å². The van der Waals surface area contributed by atoms with Gasteiger partial charge in [-0.15, -0.1) is 0 Å². The van der Waals surface area contributed by atoms with Crippen molar-refractivity contribution in [1.29, 1.82) is 0 Å². The van der Waals surface area contributed by atoms with Gasteiger partial charge in [-0.3, -0.25) is 9.59 Å². The van der Waals surface area contributed by atoms with Crippen molar-refractivity contribution in [1.82, 2.24) is 9.80 Å². The summed E-state index contributed by atoms with van der Waals surface area (Å²) in [5, 5.41) is 0. The zero-order chi connectivity index (χ0) is 17.1. The summed E-state index contributed by atoms with van der Waals surface area (Å²) in [6.07, 6.45) is 12.9. The van der Waals surface area contributed by atoms with E-state index in [0.29, 0.717) is 13.0 Å². The predicted octanol–water partition coefficient (Wildman–Crippen LogP) is 3.84. The molecular weight excluding hydrogens is 288 g/mol. The molecule has 4 nitrogen and oxygen atoms in total. The highest BCUT2D eigenvalue weighted by molar-refractivity contribution is 5.81. The van der Waals surface area contributed by atoms with Crippen LogP contribution in [0.25, 0.3) is 0 Å². The van der Waals surface area contributed by atoms with E-state index in [4.69, 9.17) is 0 Å². The second-order valence-electron chi connectivity index (χ2n) is 7.14. The first kappa shape index (κ1) is 20.0. The van der Waals surface area contributed by atoms with Crippen molar-refractivity contribution in [3.05, 3.63) is 0 Å². The van der Waals surface area contributed by atoms with Crippen molar-refractivity contribution >= 4 is 11.8 Å². The Balaban J connectivity index is 2.04. The molecule has 0 aromatic rings. The van der Waals surface area contributed by atoms with Crippen molar-refractivity contribution in [3.8, 4) is 0 Å².